The minimum Gasteiger partial charge on any atom is -0.318 e. The molecule has 4 nitrogen and oxygen atoms in total. The van der Waals surface area contributed by atoms with Crippen molar-refractivity contribution in [2.75, 3.05) is 10.6 Å². The minimum atomic E-state index is -0.859. The van der Waals surface area contributed by atoms with Crippen molar-refractivity contribution in [3.8, 4) is 0 Å². The maximum absolute atomic E-state index is 13.0. The van der Waals surface area contributed by atoms with E-state index >= 15 is 0 Å². The fourth-order valence-electron chi connectivity index (χ4n) is 1.89. The minimum absolute atomic E-state index is 0.132. The standard InChI is InChI=1S/C16H14ClFN2O2/c1-9-3-6-14(10(2)7-9)20-16(22)15(21)19-11-4-5-13(18)12(17)8-11/h3-8H,1-2H3,(H,19,21)(H,20,22). The van der Waals surface area contributed by atoms with Crippen LogP contribution in [0.1, 0.15) is 11.1 Å². The van der Waals surface area contributed by atoms with E-state index in [1.807, 2.05) is 26.0 Å². The molecule has 0 saturated heterocycles. The van der Waals surface area contributed by atoms with E-state index in [4.69, 9.17) is 11.6 Å². The van der Waals surface area contributed by atoms with E-state index in [2.05, 4.69) is 10.6 Å². The summed E-state index contributed by atoms with van der Waals surface area (Å²) in [5.41, 5.74) is 2.71. The van der Waals surface area contributed by atoms with Gasteiger partial charge in [-0.1, -0.05) is 29.3 Å². The zero-order chi connectivity index (χ0) is 16.3. The molecular formula is C16H14ClFN2O2. The van der Waals surface area contributed by atoms with E-state index in [1.165, 1.54) is 12.1 Å². The Morgan fingerprint density at radius 1 is 1.00 bits per heavy atom. The summed E-state index contributed by atoms with van der Waals surface area (Å²) in [6.45, 7) is 3.77. The summed E-state index contributed by atoms with van der Waals surface area (Å²) >= 11 is 5.62. The number of benzene rings is 2. The Balaban J connectivity index is 2.05. The molecule has 2 N–H and O–H groups in total. The second-order valence-corrected chi connectivity index (χ2v) is 5.26. The summed E-state index contributed by atoms with van der Waals surface area (Å²) in [5.74, 6) is -2.27. The Labute approximate surface area is 132 Å². The van der Waals surface area contributed by atoms with Gasteiger partial charge in [-0.2, -0.15) is 0 Å². The average Bonchev–Trinajstić information content (AvgIpc) is 2.45. The lowest BCUT2D eigenvalue weighted by atomic mass is 10.1. The number of carbonyl (C=O) groups excluding carboxylic acids is 2. The summed E-state index contributed by atoms with van der Waals surface area (Å²) in [5, 5.41) is 4.75. The molecule has 0 atom stereocenters. The molecule has 2 aromatic rings. The molecule has 0 spiro atoms. The smallest absolute Gasteiger partial charge is 0.314 e. The van der Waals surface area contributed by atoms with E-state index in [1.54, 1.807) is 6.07 Å². The largest absolute Gasteiger partial charge is 0.318 e. The molecule has 2 aromatic carbocycles. The lowest BCUT2D eigenvalue weighted by molar-refractivity contribution is -0.133. The number of anilines is 2. The van der Waals surface area contributed by atoms with Crippen LogP contribution < -0.4 is 10.6 Å². The number of hydrogen-bond donors (Lipinski definition) is 2. The summed E-state index contributed by atoms with van der Waals surface area (Å²) < 4.78 is 13.0. The van der Waals surface area contributed by atoms with Crippen molar-refractivity contribution in [2.24, 2.45) is 0 Å². The second kappa shape index (κ2) is 6.58. The third-order valence-electron chi connectivity index (χ3n) is 3.01. The molecule has 0 aliphatic heterocycles. The lowest BCUT2D eigenvalue weighted by Gasteiger charge is -2.09. The third kappa shape index (κ3) is 3.83. The molecule has 2 rings (SSSR count). The van der Waals surface area contributed by atoms with Crippen molar-refractivity contribution in [3.63, 3.8) is 0 Å². The Bertz CT molecular complexity index is 747. The van der Waals surface area contributed by atoms with Crippen LogP contribution >= 0.6 is 11.6 Å². The Morgan fingerprint density at radius 2 is 1.68 bits per heavy atom. The Hall–Kier alpha value is -2.40. The van der Waals surface area contributed by atoms with Crippen molar-refractivity contribution in [1.29, 1.82) is 0 Å². The average molecular weight is 321 g/mol. The number of amides is 2. The van der Waals surface area contributed by atoms with E-state index in [-0.39, 0.29) is 10.7 Å². The molecule has 0 radical (unpaired) electrons. The number of hydrogen-bond acceptors (Lipinski definition) is 2. The second-order valence-electron chi connectivity index (χ2n) is 4.86. The van der Waals surface area contributed by atoms with Gasteiger partial charge < -0.3 is 10.6 Å². The first kappa shape index (κ1) is 16.0. The summed E-state index contributed by atoms with van der Waals surface area (Å²) in [4.78, 5) is 23.7. The predicted octanol–water partition coefficient (Wildman–Crippen LogP) is 3.67. The molecule has 0 heterocycles. The molecule has 2 amide bonds. The van der Waals surface area contributed by atoms with Crippen LogP contribution in [0.2, 0.25) is 5.02 Å². The maximum Gasteiger partial charge on any atom is 0.314 e. The SMILES string of the molecule is Cc1ccc(NC(=O)C(=O)Nc2ccc(F)c(Cl)c2)c(C)c1. The van der Waals surface area contributed by atoms with Gasteiger partial charge in [0.05, 0.1) is 5.02 Å². The first-order valence-corrected chi connectivity index (χ1v) is 6.89. The summed E-state index contributed by atoms with van der Waals surface area (Å²) in [6, 6.07) is 9.13. The highest BCUT2D eigenvalue weighted by Crippen LogP contribution is 2.20. The van der Waals surface area contributed by atoms with Crippen LogP contribution in [-0.2, 0) is 9.59 Å². The van der Waals surface area contributed by atoms with Gasteiger partial charge in [-0.25, -0.2) is 4.39 Å². The first-order chi connectivity index (χ1) is 10.4. The Morgan fingerprint density at radius 3 is 2.32 bits per heavy atom. The number of aryl methyl sites for hydroxylation is 2. The van der Waals surface area contributed by atoms with Crippen LogP contribution in [0.15, 0.2) is 36.4 Å². The molecule has 0 aliphatic rings. The van der Waals surface area contributed by atoms with Crippen LogP contribution in [-0.4, -0.2) is 11.8 Å². The van der Waals surface area contributed by atoms with E-state index in [0.717, 1.165) is 17.2 Å². The van der Waals surface area contributed by atoms with Gasteiger partial charge in [-0.3, -0.25) is 9.59 Å². The highest BCUT2D eigenvalue weighted by molar-refractivity contribution is 6.43. The quantitative estimate of drug-likeness (QED) is 0.829. The number of rotatable bonds is 2. The zero-order valence-corrected chi connectivity index (χ0v) is 12.8. The van der Waals surface area contributed by atoms with Crippen LogP contribution in [0.25, 0.3) is 0 Å². The molecular weight excluding hydrogens is 307 g/mol. The van der Waals surface area contributed by atoms with Crippen molar-refractivity contribution in [3.05, 3.63) is 58.4 Å². The van der Waals surface area contributed by atoms with Crippen molar-refractivity contribution >= 4 is 34.8 Å². The van der Waals surface area contributed by atoms with Gasteiger partial charge in [-0.15, -0.1) is 0 Å². The molecule has 0 aromatic heterocycles. The van der Waals surface area contributed by atoms with Gasteiger partial charge >= 0.3 is 11.8 Å². The van der Waals surface area contributed by atoms with E-state index < -0.39 is 17.6 Å². The molecule has 0 fully saturated rings. The van der Waals surface area contributed by atoms with Gasteiger partial charge in [0.1, 0.15) is 5.82 Å². The molecule has 22 heavy (non-hydrogen) atoms. The van der Waals surface area contributed by atoms with Crippen LogP contribution in [0, 0.1) is 19.7 Å². The Kier molecular flexibility index (Phi) is 4.78. The number of carbonyl (C=O) groups is 2. The van der Waals surface area contributed by atoms with Crippen molar-refractivity contribution in [2.45, 2.75) is 13.8 Å². The van der Waals surface area contributed by atoms with Gasteiger partial charge in [0.25, 0.3) is 0 Å². The van der Waals surface area contributed by atoms with Gasteiger partial charge in [0.2, 0.25) is 0 Å². The lowest BCUT2D eigenvalue weighted by Crippen LogP contribution is -2.29. The van der Waals surface area contributed by atoms with Crippen molar-refractivity contribution < 1.29 is 14.0 Å². The summed E-state index contributed by atoms with van der Waals surface area (Å²) in [6.07, 6.45) is 0. The van der Waals surface area contributed by atoms with Crippen LogP contribution in [0.4, 0.5) is 15.8 Å². The molecule has 0 bridgehead atoms. The molecule has 6 heteroatoms. The monoisotopic (exact) mass is 320 g/mol. The highest BCUT2D eigenvalue weighted by Gasteiger charge is 2.15. The zero-order valence-electron chi connectivity index (χ0n) is 12.0. The van der Waals surface area contributed by atoms with Gasteiger partial charge in [0.15, 0.2) is 0 Å². The van der Waals surface area contributed by atoms with Crippen LogP contribution in [0.3, 0.4) is 0 Å². The summed E-state index contributed by atoms with van der Waals surface area (Å²) in [7, 11) is 0. The third-order valence-corrected chi connectivity index (χ3v) is 3.30. The predicted molar refractivity (Wildman–Crippen MR) is 84.6 cm³/mol. The van der Waals surface area contributed by atoms with Crippen LogP contribution in [0.5, 0.6) is 0 Å². The van der Waals surface area contributed by atoms with Crippen molar-refractivity contribution in [1.82, 2.24) is 0 Å². The fourth-order valence-corrected chi connectivity index (χ4v) is 2.08. The highest BCUT2D eigenvalue weighted by atomic mass is 35.5. The molecule has 114 valence electrons. The number of halogens is 2. The number of nitrogens with one attached hydrogen (secondary N) is 2. The fraction of sp³-hybridized carbons (Fsp3) is 0.125. The van der Waals surface area contributed by atoms with Gasteiger partial charge in [0, 0.05) is 11.4 Å². The molecule has 0 saturated carbocycles. The van der Waals surface area contributed by atoms with Gasteiger partial charge in [-0.05, 0) is 43.7 Å². The van der Waals surface area contributed by atoms with E-state index in [0.29, 0.717) is 5.69 Å². The topological polar surface area (TPSA) is 58.2 Å². The normalized spacial score (nSPS) is 10.2. The maximum atomic E-state index is 13.0. The first-order valence-electron chi connectivity index (χ1n) is 6.51. The molecule has 0 aliphatic carbocycles. The van der Waals surface area contributed by atoms with E-state index in [9.17, 15) is 14.0 Å². The molecule has 0 unspecified atom stereocenters.